The number of nitrogens with two attached hydrogens (primary N) is 1. The summed E-state index contributed by atoms with van der Waals surface area (Å²) in [6.07, 6.45) is 0.996. The highest BCUT2D eigenvalue weighted by Gasteiger charge is 2.20. The van der Waals surface area contributed by atoms with Gasteiger partial charge in [0.15, 0.2) is 0 Å². The number of piperidine rings is 1. The Kier molecular flexibility index (Phi) is 4.06. The summed E-state index contributed by atoms with van der Waals surface area (Å²) in [7, 11) is 0. The number of alkyl halides is 1. The Bertz CT molecular complexity index is 186. The Balaban J connectivity index is 2.31. The molecule has 0 aromatic carbocycles. The highest BCUT2D eigenvalue weighted by atomic mass is 32.1. The predicted molar refractivity (Wildman–Crippen MR) is 56.5 cm³/mol. The Hall–Kier alpha value is -0.220. The van der Waals surface area contributed by atoms with Crippen LogP contribution in [0.2, 0.25) is 0 Å². The van der Waals surface area contributed by atoms with Crippen molar-refractivity contribution in [2.45, 2.75) is 25.9 Å². The number of likely N-dealkylation sites (tertiary alicyclic amines) is 1. The largest absolute Gasteiger partial charge is 0.393 e. The Morgan fingerprint density at radius 3 is 3.00 bits per heavy atom. The minimum atomic E-state index is -0.660. The molecule has 4 heteroatoms. The van der Waals surface area contributed by atoms with E-state index in [0.717, 1.165) is 19.5 Å². The van der Waals surface area contributed by atoms with Crippen LogP contribution in [0.4, 0.5) is 4.39 Å². The van der Waals surface area contributed by atoms with Crippen LogP contribution in [-0.4, -0.2) is 35.7 Å². The molecule has 0 radical (unpaired) electrons. The lowest BCUT2D eigenvalue weighted by Crippen LogP contribution is -2.41. The van der Waals surface area contributed by atoms with Gasteiger partial charge in [-0.15, -0.1) is 0 Å². The van der Waals surface area contributed by atoms with E-state index in [4.69, 9.17) is 18.0 Å². The average molecular weight is 204 g/mol. The Morgan fingerprint density at radius 1 is 1.77 bits per heavy atom. The minimum absolute atomic E-state index is 0.195. The summed E-state index contributed by atoms with van der Waals surface area (Å²) in [5, 5.41) is 0. The van der Waals surface area contributed by atoms with E-state index < -0.39 is 6.17 Å². The zero-order valence-electron chi connectivity index (χ0n) is 8.00. The first-order valence-electron chi connectivity index (χ1n) is 4.75. The van der Waals surface area contributed by atoms with Crippen molar-refractivity contribution >= 4 is 17.2 Å². The van der Waals surface area contributed by atoms with Crippen molar-refractivity contribution in [3.05, 3.63) is 0 Å². The van der Waals surface area contributed by atoms with Gasteiger partial charge in [0.2, 0.25) is 0 Å². The van der Waals surface area contributed by atoms with Gasteiger partial charge < -0.3 is 5.73 Å². The van der Waals surface area contributed by atoms with Crippen LogP contribution in [0.3, 0.4) is 0 Å². The van der Waals surface area contributed by atoms with E-state index >= 15 is 0 Å². The molecule has 2 atom stereocenters. The highest BCUT2D eigenvalue weighted by molar-refractivity contribution is 7.80. The molecular formula is C9H17FN2S. The SMILES string of the molecule is CC(CN1CCCC(F)C1)C(N)=S. The third kappa shape index (κ3) is 3.56. The second kappa shape index (κ2) is 4.86. The number of hydrogen-bond donors (Lipinski definition) is 1. The molecule has 2 unspecified atom stereocenters. The van der Waals surface area contributed by atoms with Gasteiger partial charge in [-0.2, -0.15) is 0 Å². The zero-order valence-corrected chi connectivity index (χ0v) is 8.82. The first kappa shape index (κ1) is 10.9. The number of hydrogen-bond acceptors (Lipinski definition) is 2. The normalized spacial score (nSPS) is 27.1. The monoisotopic (exact) mass is 204 g/mol. The van der Waals surface area contributed by atoms with Crippen molar-refractivity contribution in [2.75, 3.05) is 19.6 Å². The molecule has 0 spiro atoms. The first-order valence-corrected chi connectivity index (χ1v) is 5.16. The summed E-state index contributed by atoms with van der Waals surface area (Å²) >= 11 is 4.87. The zero-order chi connectivity index (χ0) is 9.84. The Labute approximate surface area is 84.3 Å². The van der Waals surface area contributed by atoms with Crippen molar-refractivity contribution in [1.82, 2.24) is 4.90 Å². The van der Waals surface area contributed by atoms with Crippen molar-refractivity contribution in [1.29, 1.82) is 0 Å². The fourth-order valence-corrected chi connectivity index (χ4v) is 1.72. The van der Waals surface area contributed by atoms with E-state index in [0.29, 0.717) is 18.0 Å². The third-order valence-electron chi connectivity index (χ3n) is 2.47. The third-order valence-corrected chi connectivity index (χ3v) is 2.87. The molecule has 0 aromatic rings. The minimum Gasteiger partial charge on any atom is -0.393 e. The van der Waals surface area contributed by atoms with Gasteiger partial charge in [0.05, 0.1) is 4.99 Å². The topological polar surface area (TPSA) is 29.3 Å². The molecule has 1 rings (SSSR count). The lowest BCUT2D eigenvalue weighted by molar-refractivity contribution is 0.133. The fourth-order valence-electron chi connectivity index (χ4n) is 1.64. The molecule has 0 aromatic heterocycles. The van der Waals surface area contributed by atoms with E-state index in [9.17, 15) is 4.39 Å². The standard InChI is InChI=1S/C9H17FN2S/c1-7(9(11)13)5-12-4-2-3-8(10)6-12/h7-8H,2-6H2,1H3,(H2,11,13). The van der Waals surface area contributed by atoms with Crippen LogP contribution in [-0.2, 0) is 0 Å². The summed E-state index contributed by atoms with van der Waals surface area (Å²) < 4.78 is 13.0. The summed E-state index contributed by atoms with van der Waals surface area (Å²) in [4.78, 5) is 2.64. The van der Waals surface area contributed by atoms with Gasteiger partial charge in [0.25, 0.3) is 0 Å². The number of nitrogens with zero attached hydrogens (tertiary/aromatic N) is 1. The smallest absolute Gasteiger partial charge is 0.113 e. The van der Waals surface area contributed by atoms with Gasteiger partial charge in [-0.05, 0) is 19.4 Å². The number of halogens is 1. The molecule has 2 nitrogen and oxygen atoms in total. The lowest BCUT2D eigenvalue weighted by Gasteiger charge is -2.30. The molecule has 0 aliphatic carbocycles. The van der Waals surface area contributed by atoms with Crippen molar-refractivity contribution < 1.29 is 4.39 Å². The van der Waals surface area contributed by atoms with Gasteiger partial charge in [-0.1, -0.05) is 19.1 Å². The maximum absolute atomic E-state index is 13.0. The van der Waals surface area contributed by atoms with Crippen LogP contribution in [0, 0.1) is 5.92 Å². The second-order valence-electron chi connectivity index (χ2n) is 3.80. The van der Waals surface area contributed by atoms with Crippen LogP contribution < -0.4 is 5.73 Å². The quantitative estimate of drug-likeness (QED) is 0.704. The van der Waals surface area contributed by atoms with Crippen LogP contribution in [0.1, 0.15) is 19.8 Å². The molecule has 1 heterocycles. The Morgan fingerprint density at radius 2 is 2.46 bits per heavy atom. The molecule has 1 aliphatic heterocycles. The van der Waals surface area contributed by atoms with E-state index in [1.807, 2.05) is 6.92 Å². The van der Waals surface area contributed by atoms with Crippen molar-refractivity contribution in [3.8, 4) is 0 Å². The molecule has 1 fully saturated rings. The number of rotatable bonds is 3. The van der Waals surface area contributed by atoms with Crippen molar-refractivity contribution in [3.63, 3.8) is 0 Å². The maximum Gasteiger partial charge on any atom is 0.113 e. The van der Waals surface area contributed by atoms with Gasteiger partial charge in [-0.25, -0.2) is 4.39 Å². The van der Waals surface area contributed by atoms with Gasteiger partial charge in [0.1, 0.15) is 6.17 Å². The van der Waals surface area contributed by atoms with Crippen molar-refractivity contribution in [2.24, 2.45) is 11.7 Å². The number of thiocarbonyl (C=S) groups is 1. The summed E-state index contributed by atoms with van der Waals surface area (Å²) in [6, 6.07) is 0. The fraction of sp³-hybridized carbons (Fsp3) is 0.889. The van der Waals surface area contributed by atoms with Crippen LogP contribution in [0.15, 0.2) is 0 Å². The average Bonchev–Trinajstić information content (AvgIpc) is 2.04. The van der Waals surface area contributed by atoms with Gasteiger partial charge >= 0.3 is 0 Å². The molecule has 1 aliphatic rings. The van der Waals surface area contributed by atoms with Gasteiger partial charge in [-0.3, -0.25) is 4.90 Å². The molecule has 0 saturated carbocycles. The lowest BCUT2D eigenvalue weighted by atomic mass is 10.1. The predicted octanol–water partition coefficient (Wildman–Crippen LogP) is 1.34. The van der Waals surface area contributed by atoms with Crippen LogP contribution >= 0.6 is 12.2 Å². The molecule has 1 saturated heterocycles. The van der Waals surface area contributed by atoms with Crippen LogP contribution in [0.25, 0.3) is 0 Å². The van der Waals surface area contributed by atoms with Gasteiger partial charge in [0, 0.05) is 19.0 Å². The second-order valence-corrected chi connectivity index (χ2v) is 4.27. The molecular weight excluding hydrogens is 187 g/mol. The molecule has 2 N–H and O–H groups in total. The van der Waals surface area contributed by atoms with E-state index in [1.54, 1.807) is 0 Å². The summed E-state index contributed by atoms with van der Waals surface area (Å²) in [5.74, 6) is 0.195. The highest BCUT2D eigenvalue weighted by Crippen LogP contribution is 2.14. The maximum atomic E-state index is 13.0. The summed E-state index contributed by atoms with van der Waals surface area (Å²) in [5.41, 5.74) is 5.50. The van der Waals surface area contributed by atoms with E-state index in [-0.39, 0.29) is 5.92 Å². The van der Waals surface area contributed by atoms with E-state index in [2.05, 4.69) is 4.90 Å². The first-order chi connectivity index (χ1) is 6.09. The van der Waals surface area contributed by atoms with Crippen LogP contribution in [0.5, 0.6) is 0 Å². The molecule has 76 valence electrons. The molecule has 0 amide bonds. The molecule has 0 bridgehead atoms. The van der Waals surface area contributed by atoms with E-state index in [1.165, 1.54) is 0 Å². The molecule has 13 heavy (non-hydrogen) atoms. The summed E-state index contributed by atoms with van der Waals surface area (Å²) in [6.45, 7) is 4.32.